The monoisotopic (exact) mass is 391 g/mol. The van der Waals surface area contributed by atoms with Crippen LogP contribution in [-0.4, -0.2) is 48.0 Å². The molecule has 0 bridgehead atoms. The number of hydrogen-bond acceptors (Lipinski definition) is 5. The van der Waals surface area contributed by atoms with Gasteiger partial charge in [-0.2, -0.15) is 0 Å². The second-order valence-corrected chi connectivity index (χ2v) is 7.57. The highest BCUT2D eigenvalue weighted by molar-refractivity contribution is 6.30. The SMILES string of the molecule is CC1CCN(C(=O)COC(=O)c2cccc3c2C(=O)c2ccccc2C3=O)CC1. The molecule has 0 N–H and O–H groups in total. The summed E-state index contributed by atoms with van der Waals surface area (Å²) in [6.07, 6.45) is 1.86. The normalized spacial score (nSPS) is 16.2. The molecule has 6 nitrogen and oxygen atoms in total. The van der Waals surface area contributed by atoms with Crippen LogP contribution in [0.4, 0.5) is 0 Å². The summed E-state index contributed by atoms with van der Waals surface area (Å²) in [6, 6.07) is 11.1. The van der Waals surface area contributed by atoms with Crippen molar-refractivity contribution in [3.63, 3.8) is 0 Å². The van der Waals surface area contributed by atoms with E-state index >= 15 is 0 Å². The molecule has 6 heteroatoms. The smallest absolute Gasteiger partial charge is 0.339 e. The van der Waals surface area contributed by atoms with Crippen LogP contribution in [0.5, 0.6) is 0 Å². The van der Waals surface area contributed by atoms with Gasteiger partial charge in [0.15, 0.2) is 18.2 Å². The zero-order chi connectivity index (χ0) is 20.5. The van der Waals surface area contributed by atoms with Gasteiger partial charge in [0.25, 0.3) is 5.91 Å². The van der Waals surface area contributed by atoms with Crippen LogP contribution in [0.25, 0.3) is 0 Å². The van der Waals surface area contributed by atoms with Crippen molar-refractivity contribution in [2.24, 2.45) is 5.92 Å². The molecular weight excluding hydrogens is 370 g/mol. The fraction of sp³-hybridized carbons (Fsp3) is 0.304. The third kappa shape index (κ3) is 3.46. The Morgan fingerprint density at radius 1 is 0.931 bits per heavy atom. The average molecular weight is 391 g/mol. The number of amides is 1. The lowest BCUT2D eigenvalue weighted by Gasteiger charge is -2.30. The van der Waals surface area contributed by atoms with Gasteiger partial charge in [-0.05, 0) is 24.8 Å². The maximum Gasteiger partial charge on any atom is 0.339 e. The standard InChI is InChI=1S/C23H21NO5/c1-14-9-11-24(12-10-14)19(25)13-29-23(28)18-8-4-7-17-20(18)22(27)16-6-3-2-5-15(16)21(17)26/h2-8,14H,9-13H2,1H3. The van der Waals surface area contributed by atoms with E-state index in [4.69, 9.17) is 4.74 Å². The van der Waals surface area contributed by atoms with Gasteiger partial charge < -0.3 is 9.64 Å². The van der Waals surface area contributed by atoms with Gasteiger partial charge >= 0.3 is 5.97 Å². The van der Waals surface area contributed by atoms with Crippen LogP contribution >= 0.6 is 0 Å². The number of benzene rings is 2. The van der Waals surface area contributed by atoms with Gasteiger partial charge in [0.05, 0.1) is 5.56 Å². The van der Waals surface area contributed by atoms with Gasteiger partial charge in [-0.3, -0.25) is 14.4 Å². The van der Waals surface area contributed by atoms with Crippen molar-refractivity contribution in [2.75, 3.05) is 19.7 Å². The van der Waals surface area contributed by atoms with Crippen LogP contribution < -0.4 is 0 Å². The number of nitrogens with zero attached hydrogens (tertiary/aromatic N) is 1. The minimum absolute atomic E-state index is 0.00965. The van der Waals surface area contributed by atoms with Crippen molar-refractivity contribution in [1.82, 2.24) is 4.90 Å². The fourth-order valence-electron chi connectivity index (χ4n) is 3.87. The largest absolute Gasteiger partial charge is 0.452 e. The number of hydrogen-bond donors (Lipinski definition) is 0. The molecular formula is C23H21NO5. The van der Waals surface area contributed by atoms with Crippen LogP contribution in [0.2, 0.25) is 0 Å². The van der Waals surface area contributed by atoms with E-state index in [-0.39, 0.29) is 46.3 Å². The van der Waals surface area contributed by atoms with Crippen molar-refractivity contribution in [1.29, 1.82) is 0 Å². The molecule has 2 aromatic carbocycles. The van der Waals surface area contributed by atoms with Crippen molar-refractivity contribution in [3.8, 4) is 0 Å². The molecule has 1 heterocycles. The second kappa shape index (κ2) is 7.62. The number of esters is 1. The topological polar surface area (TPSA) is 80.8 Å². The molecule has 1 fully saturated rings. The number of fused-ring (bicyclic) bond motifs is 2. The van der Waals surface area contributed by atoms with E-state index in [0.717, 1.165) is 12.8 Å². The Labute approximate surface area is 168 Å². The van der Waals surface area contributed by atoms with Gasteiger partial charge in [-0.25, -0.2) is 4.79 Å². The first kappa shape index (κ1) is 19.1. The first-order valence-electron chi connectivity index (χ1n) is 9.73. The first-order valence-corrected chi connectivity index (χ1v) is 9.73. The highest BCUT2D eigenvalue weighted by Crippen LogP contribution is 2.29. The van der Waals surface area contributed by atoms with E-state index in [9.17, 15) is 19.2 Å². The lowest BCUT2D eigenvalue weighted by Crippen LogP contribution is -2.40. The molecule has 2 aliphatic rings. The first-order chi connectivity index (χ1) is 14.0. The van der Waals surface area contributed by atoms with Crippen molar-refractivity contribution in [2.45, 2.75) is 19.8 Å². The Morgan fingerprint density at radius 3 is 2.24 bits per heavy atom. The van der Waals surface area contributed by atoms with Crippen LogP contribution in [0.3, 0.4) is 0 Å². The van der Waals surface area contributed by atoms with Gasteiger partial charge in [0, 0.05) is 35.3 Å². The zero-order valence-corrected chi connectivity index (χ0v) is 16.1. The maximum absolute atomic E-state index is 13.0. The van der Waals surface area contributed by atoms with Gasteiger partial charge in [-0.15, -0.1) is 0 Å². The van der Waals surface area contributed by atoms with E-state index in [1.807, 2.05) is 0 Å². The fourth-order valence-corrected chi connectivity index (χ4v) is 3.87. The van der Waals surface area contributed by atoms with Crippen molar-refractivity contribution >= 4 is 23.4 Å². The van der Waals surface area contributed by atoms with Crippen LogP contribution in [0, 0.1) is 5.92 Å². The van der Waals surface area contributed by atoms with E-state index in [2.05, 4.69) is 6.92 Å². The highest BCUT2D eigenvalue weighted by Gasteiger charge is 2.33. The molecule has 0 saturated carbocycles. The van der Waals surface area contributed by atoms with E-state index in [1.54, 1.807) is 35.2 Å². The highest BCUT2D eigenvalue weighted by atomic mass is 16.5. The maximum atomic E-state index is 13.0. The molecule has 0 aromatic heterocycles. The molecule has 0 atom stereocenters. The second-order valence-electron chi connectivity index (χ2n) is 7.57. The Kier molecular flexibility index (Phi) is 5.01. The molecule has 0 unspecified atom stereocenters. The van der Waals surface area contributed by atoms with E-state index < -0.39 is 5.97 Å². The van der Waals surface area contributed by atoms with Gasteiger partial charge in [-0.1, -0.05) is 43.3 Å². The van der Waals surface area contributed by atoms with E-state index in [0.29, 0.717) is 24.6 Å². The van der Waals surface area contributed by atoms with Gasteiger partial charge in [0.2, 0.25) is 0 Å². The Bertz CT molecular complexity index is 1020. The van der Waals surface area contributed by atoms with Gasteiger partial charge in [0.1, 0.15) is 0 Å². The summed E-state index contributed by atoms with van der Waals surface area (Å²) in [4.78, 5) is 52.4. The van der Waals surface area contributed by atoms with Crippen LogP contribution in [0.15, 0.2) is 42.5 Å². The molecule has 1 aliphatic heterocycles. The summed E-state index contributed by atoms with van der Waals surface area (Å²) in [5.74, 6) is -1.13. The number of ketones is 2. The molecule has 0 radical (unpaired) electrons. The minimum atomic E-state index is -0.777. The number of likely N-dealkylation sites (tertiary alicyclic amines) is 1. The molecule has 1 aliphatic carbocycles. The summed E-state index contributed by atoms with van der Waals surface area (Å²) in [7, 11) is 0. The molecule has 1 amide bonds. The predicted molar refractivity (Wildman–Crippen MR) is 105 cm³/mol. The number of carbonyl (C=O) groups excluding carboxylic acids is 4. The van der Waals surface area contributed by atoms with Crippen molar-refractivity contribution in [3.05, 3.63) is 70.3 Å². The Morgan fingerprint density at radius 2 is 1.55 bits per heavy atom. The van der Waals surface area contributed by atoms with Crippen LogP contribution in [0.1, 0.15) is 62.0 Å². The summed E-state index contributed by atoms with van der Waals surface area (Å²) in [5.41, 5.74) is 0.823. The molecule has 148 valence electrons. The third-order valence-corrected chi connectivity index (χ3v) is 5.64. The zero-order valence-electron chi connectivity index (χ0n) is 16.1. The lowest BCUT2D eigenvalue weighted by atomic mass is 9.82. The minimum Gasteiger partial charge on any atom is -0.452 e. The lowest BCUT2D eigenvalue weighted by molar-refractivity contribution is -0.135. The average Bonchev–Trinajstić information content (AvgIpc) is 2.75. The molecule has 4 rings (SSSR count). The summed E-state index contributed by atoms with van der Waals surface area (Å²) >= 11 is 0. The summed E-state index contributed by atoms with van der Waals surface area (Å²) in [5, 5.41) is 0. The van der Waals surface area contributed by atoms with E-state index in [1.165, 1.54) is 12.1 Å². The molecule has 0 spiro atoms. The summed E-state index contributed by atoms with van der Waals surface area (Å²) < 4.78 is 5.21. The number of carbonyl (C=O) groups is 4. The Hall–Kier alpha value is -3.28. The predicted octanol–water partition coefficient (Wildman–Crippen LogP) is 2.88. The van der Waals surface area contributed by atoms with Crippen molar-refractivity contribution < 1.29 is 23.9 Å². The molecule has 1 saturated heterocycles. The molecule has 2 aromatic rings. The third-order valence-electron chi connectivity index (χ3n) is 5.64. The number of rotatable bonds is 3. The Balaban J connectivity index is 1.54. The molecule has 29 heavy (non-hydrogen) atoms. The summed E-state index contributed by atoms with van der Waals surface area (Å²) in [6.45, 7) is 3.08. The van der Waals surface area contributed by atoms with Crippen LogP contribution in [-0.2, 0) is 9.53 Å². The number of piperidine rings is 1. The quantitative estimate of drug-likeness (QED) is 0.642. The number of ether oxygens (including phenoxy) is 1.